The molecule has 8 nitrogen and oxygen atoms in total. The van der Waals surface area contributed by atoms with Gasteiger partial charge < -0.3 is 10.6 Å². The molecule has 0 bridgehead atoms. The number of benzene rings is 1. The monoisotopic (exact) mass is 500 g/mol. The predicted molar refractivity (Wildman–Crippen MR) is 134 cm³/mol. The van der Waals surface area contributed by atoms with E-state index in [1.165, 1.54) is 18.7 Å². The third-order valence-electron chi connectivity index (χ3n) is 5.95. The summed E-state index contributed by atoms with van der Waals surface area (Å²) in [6, 6.07) is 12.2. The van der Waals surface area contributed by atoms with Gasteiger partial charge in [-0.25, -0.2) is 18.7 Å². The average molecular weight is 501 g/mol. The van der Waals surface area contributed by atoms with Crippen molar-refractivity contribution in [3.05, 3.63) is 84.2 Å². The first-order valence-electron chi connectivity index (χ1n) is 11.6. The van der Waals surface area contributed by atoms with Crippen LogP contribution in [0.1, 0.15) is 40.9 Å². The molecule has 10 heteroatoms. The Labute approximate surface area is 211 Å². The molecule has 4 aromatic rings. The minimum absolute atomic E-state index is 0.0234. The van der Waals surface area contributed by atoms with Gasteiger partial charge in [0.15, 0.2) is 0 Å². The van der Waals surface area contributed by atoms with Crippen molar-refractivity contribution in [2.24, 2.45) is 5.92 Å². The number of halogens is 2. The molecule has 186 valence electrons. The van der Waals surface area contributed by atoms with Crippen LogP contribution in [0.4, 0.5) is 20.3 Å². The molecule has 1 fully saturated rings. The minimum Gasteiger partial charge on any atom is -0.321 e. The summed E-state index contributed by atoms with van der Waals surface area (Å²) in [6.45, 7) is 1.85. The summed E-state index contributed by atoms with van der Waals surface area (Å²) in [4.78, 5) is 41.4. The SMILES string of the molecule is Cc1ncc(NC(=O)c2cncc(C(F)F)c2)cc1-c1cccc(-c2cc(NC(=O)C3CC3)ncn2)c1. The lowest BCUT2D eigenvalue weighted by Crippen LogP contribution is -2.14. The molecule has 0 spiro atoms. The standard InChI is InChI=1S/C27H22F2N6O2/c1-15-22(9-21(13-31-15)34-27(37)20-8-19(25(28)29)11-30-12-20)17-3-2-4-18(7-17)23-10-24(33-14-32-23)35-26(36)16-5-6-16/h2-4,7-14,16,25H,5-6H2,1H3,(H,34,37)(H,32,33,35,36). The average Bonchev–Trinajstić information content (AvgIpc) is 3.76. The number of hydrogen-bond acceptors (Lipinski definition) is 6. The maximum absolute atomic E-state index is 13.0. The maximum atomic E-state index is 13.0. The third kappa shape index (κ3) is 5.64. The first-order valence-corrected chi connectivity index (χ1v) is 11.6. The van der Waals surface area contributed by atoms with Gasteiger partial charge in [0.1, 0.15) is 12.1 Å². The van der Waals surface area contributed by atoms with Crippen LogP contribution in [0.25, 0.3) is 22.4 Å². The molecular formula is C27H22F2N6O2. The minimum atomic E-state index is -2.72. The number of amides is 2. The first-order chi connectivity index (χ1) is 17.9. The van der Waals surface area contributed by atoms with Crippen LogP contribution in [0.2, 0.25) is 0 Å². The van der Waals surface area contributed by atoms with E-state index in [2.05, 4.69) is 30.6 Å². The Morgan fingerprint density at radius 2 is 1.76 bits per heavy atom. The van der Waals surface area contributed by atoms with E-state index >= 15 is 0 Å². The van der Waals surface area contributed by atoms with Gasteiger partial charge in [-0.1, -0.05) is 18.2 Å². The lowest BCUT2D eigenvalue weighted by Gasteiger charge is -2.12. The predicted octanol–water partition coefficient (Wildman–Crippen LogP) is 5.45. The van der Waals surface area contributed by atoms with Gasteiger partial charge in [-0.05, 0) is 43.5 Å². The van der Waals surface area contributed by atoms with Crippen LogP contribution < -0.4 is 10.6 Å². The molecule has 0 unspecified atom stereocenters. The van der Waals surface area contributed by atoms with E-state index < -0.39 is 12.3 Å². The second-order valence-corrected chi connectivity index (χ2v) is 8.75. The van der Waals surface area contributed by atoms with E-state index in [0.717, 1.165) is 47.5 Å². The van der Waals surface area contributed by atoms with Crippen molar-refractivity contribution in [2.45, 2.75) is 26.2 Å². The highest BCUT2D eigenvalue weighted by molar-refractivity contribution is 6.04. The van der Waals surface area contributed by atoms with Gasteiger partial charge >= 0.3 is 0 Å². The van der Waals surface area contributed by atoms with Crippen molar-refractivity contribution in [3.63, 3.8) is 0 Å². The molecule has 3 aromatic heterocycles. The van der Waals surface area contributed by atoms with Gasteiger partial charge in [0, 0.05) is 46.8 Å². The van der Waals surface area contributed by atoms with Crippen LogP contribution in [0.15, 0.2) is 67.4 Å². The van der Waals surface area contributed by atoms with Gasteiger partial charge in [-0.2, -0.15) is 0 Å². The summed E-state index contributed by atoms with van der Waals surface area (Å²) in [5, 5.41) is 5.53. The molecule has 0 saturated heterocycles. The van der Waals surface area contributed by atoms with Crippen molar-refractivity contribution in [1.29, 1.82) is 0 Å². The van der Waals surface area contributed by atoms with Crippen LogP contribution in [0, 0.1) is 12.8 Å². The fourth-order valence-electron chi connectivity index (χ4n) is 3.80. The lowest BCUT2D eigenvalue weighted by atomic mass is 10.00. The number of aryl methyl sites for hydroxylation is 1. The number of hydrogen-bond donors (Lipinski definition) is 2. The van der Waals surface area contributed by atoms with Crippen LogP contribution >= 0.6 is 0 Å². The molecule has 37 heavy (non-hydrogen) atoms. The first kappa shape index (κ1) is 24.1. The topological polar surface area (TPSA) is 110 Å². The number of alkyl halides is 2. The maximum Gasteiger partial charge on any atom is 0.265 e. The molecule has 0 aliphatic heterocycles. The van der Waals surface area contributed by atoms with Crippen molar-refractivity contribution in [3.8, 4) is 22.4 Å². The van der Waals surface area contributed by atoms with Crippen LogP contribution in [-0.2, 0) is 4.79 Å². The molecule has 5 rings (SSSR count). The third-order valence-corrected chi connectivity index (χ3v) is 5.95. The molecule has 1 aliphatic carbocycles. The molecular weight excluding hydrogens is 478 g/mol. The Balaban J connectivity index is 1.39. The van der Waals surface area contributed by atoms with Gasteiger partial charge in [-0.15, -0.1) is 0 Å². The largest absolute Gasteiger partial charge is 0.321 e. The van der Waals surface area contributed by atoms with Crippen LogP contribution in [0.5, 0.6) is 0 Å². The zero-order valence-corrected chi connectivity index (χ0v) is 19.8. The number of pyridine rings is 2. The summed E-state index contributed by atoms with van der Waals surface area (Å²) < 4.78 is 26.0. The van der Waals surface area contributed by atoms with E-state index in [0.29, 0.717) is 17.2 Å². The van der Waals surface area contributed by atoms with Gasteiger partial charge in [0.2, 0.25) is 5.91 Å². The summed E-state index contributed by atoms with van der Waals surface area (Å²) in [5.74, 6) is -0.0902. The zero-order valence-electron chi connectivity index (χ0n) is 19.8. The van der Waals surface area contributed by atoms with Crippen molar-refractivity contribution in [2.75, 3.05) is 10.6 Å². The van der Waals surface area contributed by atoms with E-state index in [1.54, 1.807) is 12.1 Å². The Bertz CT molecular complexity index is 1490. The molecule has 3 heterocycles. The number of rotatable bonds is 7. The second-order valence-electron chi connectivity index (χ2n) is 8.75. The molecule has 0 radical (unpaired) electrons. The normalized spacial score (nSPS) is 12.9. The molecule has 1 aromatic carbocycles. The summed E-state index contributed by atoms with van der Waals surface area (Å²) in [7, 11) is 0. The summed E-state index contributed by atoms with van der Waals surface area (Å²) >= 11 is 0. The van der Waals surface area contributed by atoms with E-state index in [4.69, 9.17) is 0 Å². The van der Waals surface area contributed by atoms with Crippen molar-refractivity contribution >= 4 is 23.3 Å². The summed E-state index contributed by atoms with van der Waals surface area (Å²) in [6.07, 6.45) is 4.25. The molecule has 2 amide bonds. The number of aromatic nitrogens is 4. The second kappa shape index (κ2) is 10.2. The highest BCUT2D eigenvalue weighted by Crippen LogP contribution is 2.31. The summed E-state index contributed by atoms with van der Waals surface area (Å²) in [5.41, 5.74) is 3.90. The molecule has 1 saturated carbocycles. The van der Waals surface area contributed by atoms with E-state index in [1.807, 2.05) is 31.2 Å². The number of carbonyl (C=O) groups excluding carboxylic acids is 2. The fraction of sp³-hybridized carbons (Fsp3) is 0.185. The Morgan fingerprint density at radius 3 is 2.54 bits per heavy atom. The number of carbonyl (C=O) groups is 2. The van der Waals surface area contributed by atoms with Gasteiger partial charge in [0.05, 0.1) is 23.1 Å². The fourth-order valence-corrected chi connectivity index (χ4v) is 3.80. The van der Waals surface area contributed by atoms with Crippen molar-refractivity contribution in [1.82, 2.24) is 19.9 Å². The van der Waals surface area contributed by atoms with Gasteiger partial charge in [0.25, 0.3) is 12.3 Å². The van der Waals surface area contributed by atoms with Crippen LogP contribution in [-0.4, -0.2) is 31.8 Å². The lowest BCUT2D eigenvalue weighted by molar-refractivity contribution is -0.117. The smallest absolute Gasteiger partial charge is 0.265 e. The number of nitrogens with one attached hydrogen (secondary N) is 2. The number of nitrogens with zero attached hydrogens (tertiary/aromatic N) is 4. The van der Waals surface area contributed by atoms with E-state index in [9.17, 15) is 18.4 Å². The highest BCUT2D eigenvalue weighted by atomic mass is 19.3. The van der Waals surface area contributed by atoms with Crippen LogP contribution in [0.3, 0.4) is 0 Å². The highest BCUT2D eigenvalue weighted by Gasteiger charge is 2.29. The quantitative estimate of drug-likeness (QED) is 0.349. The Morgan fingerprint density at radius 1 is 0.946 bits per heavy atom. The molecule has 2 N–H and O–H groups in total. The van der Waals surface area contributed by atoms with E-state index in [-0.39, 0.29) is 23.0 Å². The van der Waals surface area contributed by atoms with Gasteiger partial charge in [-0.3, -0.25) is 19.6 Å². The number of anilines is 2. The Hall–Kier alpha value is -4.60. The van der Waals surface area contributed by atoms with Crippen molar-refractivity contribution < 1.29 is 18.4 Å². The zero-order chi connectivity index (χ0) is 25.9. The molecule has 1 aliphatic rings. The molecule has 0 atom stereocenters. The Kier molecular flexibility index (Phi) is 6.63.